The zero-order valence-electron chi connectivity index (χ0n) is 8.62. The molecule has 1 aromatic rings. The number of allylic oxidation sites excluding steroid dienone is 3. The van der Waals surface area contributed by atoms with Crippen molar-refractivity contribution in [2.45, 2.75) is 20.3 Å². The van der Waals surface area contributed by atoms with Crippen molar-refractivity contribution in [1.29, 1.82) is 0 Å². The van der Waals surface area contributed by atoms with Gasteiger partial charge in [-0.3, -0.25) is 5.32 Å². The second-order valence-corrected chi connectivity index (χ2v) is 3.45. The molecule has 1 aliphatic heterocycles. The van der Waals surface area contributed by atoms with E-state index in [9.17, 15) is 0 Å². The van der Waals surface area contributed by atoms with Crippen LogP contribution in [0.4, 0.5) is 0 Å². The lowest BCUT2D eigenvalue weighted by atomic mass is 9.98. The highest BCUT2D eigenvalue weighted by Crippen LogP contribution is 2.26. The maximum Gasteiger partial charge on any atom is 0.0451 e. The van der Waals surface area contributed by atoms with E-state index in [0.717, 1.165) is 12.1 Å². The molecule has 1 radical (unpaired) electrons. The summed E-state index contributed by atoms with van der Waals surface area (Å²) in [7, 11) is 0. The van der Waals surface area contributed by atoms with Crippen molar-refractivity contribution >= 4 is 5.57 Å². The fourth-order valence-corrected chi connectivity index (χ4v) is 1.79. The molecule has 0 amide bonds. The minimum atomic E-state index is 1.07. The Hall–Kier alpha value is -1.50. The van der Waals surface area contributed by atoms with Gasteiger partial charge in [-0.1, -0.05) is 31.2 Å². The van der Waals surface area contributed by atoms with Crippen LogP contribution in [-0.4, -0.2) is 0 Å². The maximum atomic E-state index is 4.27. The van der Waals surface area contributed by atoms with Gasteiger partial charge in [0.2, 0.25) is 0 Å². The number of hydrogen-bond donors (Lipinski definition) is 0. The molecule has 1 aliphatic rings. The van der Waals surface area contributed by atoms with E-state index in [1.807, 2.05) is 6.20 Å². The van der Waals surface area contributed by atoms with Crippen molar-refractivity contribution in [3.63, 3.8) is 0 Å². The van der Waals surface area contributed by atoms with Gasteiger partial charge in [0, 0.05) is 17.5 Å². The first-order chi connectivity index (χ1) is 6.83. The van der Waals surface area contributed by atoms with Crippen molar-refractivity contribution in [1.82, 2.24) is 5.32 Å². The normalized spacial score (nSPS) is 14.7. The summed E-state index contributed by atoms with van der Waals surface area (Å²) in [5.74, 6) is 0. The van der Waals surface area contributed by atoms with Crippen LogP contribution in [0.25, 0.3) is 5.57 Å². The van der Waals surface area contributed by atoms with Crippen molar-refractivity contribution in [3.05, 3.63) is 53.4 Å². The van der Waals surface area contributed by atoms with Crippen LogP contribution in [0.5, 0.6) is 0 Å². The lowest BCUT2D eigenvalue weighted by molar-refractivity contribution is 1.07. The number of aryl methyl sites for hydroxylation is 1. The fourth-order valence-electron chi connectivity index (χ4n) is 1.79. The SMILES string of the molecule is CCc1ccccc1C1=C(C)[N]C=C1. The highest BCUT2D eigenvalue weighted by atomic mass is 14.9. The van der Waals surface area contributed by atoms with Gasteiger partial charge < -0.3 is 0 Å². The van der Waals surface area contributed by atoms with Crippen molar-refractivity contribution in [2.24, 2.45) is 0 Å². The number of hydrogen-bond acceptors (Lipinski definition) is 0. The van der Waals surface area contributed by atoms with Gasteiger partial charge in [0.05, 0.1) is 0 Å². The molecule has 0 fully saturated rings. The van der Waals surface area contributed by atoms with E-state index < -0.39 is 0 Å². The van der Waals surface area contributed by atoms with E-state index in [2.05, 4.69) is 49.5 Å². The lowest BCUT2D eigenvalue weighted by Crippen LogP contribution is -1.93. The first-order valence-electron chi connectivity index (χ1n) is 4.99. The van der Waals surface area contributed by atoms with E-state index in [-0.39, 0.29) is 0 Å². The van der Waals surface area contributed by atoms with E-state index in [0.29, 0.717) is 0 Å². The molecule has 0 atom stereocenters. The molecule has 0 unspecified atom stereocenters. The number of rotatable bonds is 2. The van der Waals surface area contributed by atoms with Crippen LogP contribution in [-0.2, 0) is 6.42 Å². The molecule has 1 aromatic carbocycles. The van der Waals surface area contributed by atoms with E-state index in [1.165, 1.54) is 16.7 Å². The summed E-state index contributed by atoms with van der Waals surface area (Å²) in [6.45, 7) is 4.24. The van der Waals surface area contributed by atoms with Gasteiger partial charge in [0.25, 0.3) is 0 Å². The smallest absolute Gasteiger partial charge is 0.0451 e. The summed E-state index contributed by atoms with van der Waals surface area (Å²) in [4.78, 5) is 0. The highest BCUT2D eigenvalue weighted by molar-refractivity contribution is 5.79. The van der Waals surface area contributed by atoms with Gasteiger partial charge in [0.1, 0.15) is 0 Å². The third-order valence-corrected chi connectivity index (χ3v) is 2.59. The molecule has 0 saturated carbocycles. The predicted molar refractivity (Wildman–Crippen MR) is 59.7 cm³/mol. The minimum Gasteiger partial charge on any atom is -0.261 e. The molecular weight excluding hydrogens is 170 g/mol. The van der Waals surface area contributed by atoms with Gasteiger partial charge in [-0.2, -0.15) is 0 Å². The van der Waals surface area contributed by atoms with Crippen LogP contribution in [0.3, 0.4) is 0 Å². The largest absolute Gasteiger partial charge is 0.261 e. The standard InChI is InChI=1S/C13H14N/c1-3-11-6-4-5-7-13(11)12-8-9-14-10(12)2/h4-9H,3H2,1-2H3. The summed E-state index contributed by atoms with van der Waals surface area (Å²) >= 11 is 0. The van der Waals surface area contributed by atoms with Crippen LogP contribution in [0, 0.1) is 0 Å². The monoisotopic (exact) mass is 184 g/mol. The van der Waals surface area contributed by atoms with Crippen molar-refractivity contribution < 1.29 is 0 Å². The summed E-state index contributed by atoms with van der Waals surface area (Å²) in [5.41, 5.74) is 5.10. The molecule has 0 N–H and O–H groups in total. The van der Waals surface area contributed by atoms with Gasteiger partial charge in [-0.25, -0.2) is 0 Å². The van der Waals surface area contributed by atoms with Crippen LogP contribution in [0.2, 0.25) is 0 Å². The van der Waals surface area contributed by atoms with E-state index in [4.69, 9.17) is 0 Å². The molecule has 0 spiro atoms. The van der Waals surface area contributed by atoms with Crippen LogP contribution >= 0.6 is 0 Å². The Balaban J connectivity index is 2.50. The first-order valence-corrected chi connectivity index (χ1v) is 4.99. The topological polar surface area (TPSA) is 14.1 Å². The Morgan fingerprint density at radius 2 is 2.00 bits per heavy atom. The van der Waals surface area contributed by atoms with Crippen LogP contribution < -0.4 is 5.32 Å². The van der Waals surface area contributed by atoms with Gasteiger partial charge in [0.15, 0.2) is 0 Å². The summed E-state index contributed by atoms with van der Waals surface area (Å²) < 4.78 is 0. The Bertz CT molecular complexity index is 399. The fraction of sp³-hybridized carbons (Fsp3) is 0.231. The summed E-state index contributed by atoms with van der Waals surface area (Å²) in [5, 5.41) is 4.27. The molecule has 0 saturated heterocycles. The highest BCUT2D eigenvalue weighted by Gasteiger charge is 2.10. The molecule has 71 valence electrons. The Morgan fingerprint density at radius 3 is 2.64 bits per heavy atom. The molecule has 1 heteroatoms. The zero-order valence-corrected chi connectivity index (χ0v) is 8.62. The molecule has 1 heterocycles. The Kier molecular flexibility index (Phi) is 2.40. The summed E-state index contributed by atoms with van der Waals surface area (Å²) in [6, 6.07) is 8.53. The number of benzene rings is 1. The van der Waals surface area contributed by atoms with Crippen molar-refractivity contribution in [3.8, 4) is 0 Å². The maximum absolute atomic E-state index is 4.27. The van der Waals surface area contributed by atoms with Gasteiger partial charge in [-0.05, 0) is 30.5 Å². The van der Waals surface area contributed by atoms with E-state index >= 15 is 0 Å². The van der Waals surface area contributed by atoms with Gasteiger partial charge in [-0.15, -0.1) is 0 Å². The second kappa shape index (κ2) is 3.70. The third kappa shape index (κ3) is 1.46. The number of nitrogens with zero attached hydrogens (tertiary/aromatic N) is 1. The quantitative estimate of drug-likeness (QED) is 0.670. The van der Waals surface area contributed by atoms with Crippen LogP contribution in [0.15, 0.2) is 42.2 Å². The summed E-state index contributed by atoms with van der Waals surface area (Å²) in [6.07, 6.45) is 5.03. The molecule has 1 nitrogen and oxygen atoms in total. The molecule has 2 rings (SSSR count). The average Bonchev–Trinajstić information content (AvgIpc) is 2.64. The van der Waals surface area contributed by atoms with E-state index in [1.54, 1.807) is 0 Å². The lowest BCUT2D eigenvalue weighted by Gasteiger charge is -2.07. The third-order valence-electron chi connectivity index (χ3n) is 2.59. The first kappa shape index (κ1) is 9.07. The zero-order chi connectivity index (χ0) is 9.97. The van der Waals surface area contributed by atoms with Crippen molar-refractivity contribution in [2.75, 3.05) is 0 Å². The molecule has 0 aromatic heterocycles. The second-order valence-electron chi connectivity index (χ2n) is 3.45. The molecule has 0 aliphatic carbocycles. The average molecular weight is 184 g/mol. The molecule has 0 bridgehead atoms. The predicted octanol–water partition coefficient (Wildman–Crippen LogP) is 3.11. The minimum absolute atomic E-state index is 1.07. The Morgan fingerprint density at radius 1 is 1.21 bits per heavy atom. The molecular formula is C13H14N. The Labute approximate surface area is 85.2 Å². The van der Waals surface area contributed by atoms with Crippen LogP contribution in [0.1, 0.15) is 25.0 Å². The molecule has 14 heavy (non-hydrogen) atoms. The van der Waals surface area contributed by atoms with Gasteiger partial charge >= 0.3 is 0 Å².